The minimum Gasteiger partial charge on any atom is -0.330 e. The van der Waals surface area contributed by atoms with E-state index in [4.69, 9.17) is 11.5 Å². The van der Waals surface area contributed by atoms with Crippen LogP contribution in [0.3, 0.4) is 0 Å². The molecule has 5 aliphatic carbocycles. The van der Waals surface area contributed by atoms with Crippen LogP contribution in [0.4, 0.5) is 0 Å². The Labute approximate surface area is 103 Å². The van der Waals surface area contributed by atoms with Gasteiger partial charge in [-0.2, -0.15) is 0 Å². The van der Waals surface area contributed by atoms with Gasteiger partial charge in [-0.1, -0.05) is 6.92 Å². The molecule has 2 nitrogen and oxygen atoms in total. The maximum Gasteiger partial charge on any atom is -0.000901 e. The Morgan fingerprint density at radius 1 is 1.06 bits per heavy atom. The summed E-state index contributed by atoms with van der Waals surface area (Å²) < 4.78 is 0. The molecule has 7 atom stereocenters. The smallest absolute Gasteiger partial charge is 0.000901 e. The first-order valence-electron chi connectivity index (χ1n) is 7.51. The van der Waals surface area contributed by atoms with Gasteiger partial charge in [-0.15, -0.1) is 0 Å². The average Bonchev–Trinajstić information content (AvgIpc) is 3.22. The second-order valence-corrected chi connectivity index (χ2v) is 8.24. The molecule has 5 aliphatic rings. The summed E-state index contributed by atoms with van der Waals surface area (Å²) in [5.74, 6) is 3.14. The van der Waals surface area contributed by atoms with Crippen molar-refractivity contribution in [2.45, 2.75) is 39.0 Å². The molecule has 0 bridgehead atoms. The van der Waals surface area contributed by atoms with E-state index in [0.717, 1.165) is 41.7 Å². The Bertz CT molecular complexity index is 435. The zero-order valence-corrected chi connectivity index (χ0v) is 10.8. The van der Waals surface area contributed by atoms with Gasteiger partial charge in [-0.05, 0) is 84.6 Å². The highest BCUT2D eigenvalue weighted by Crippen LogP contribution is 3.13. The van der Waals surface area contributed by atoms with Crippen LogP contribution in [-0.2, 0) is 0 Å². The van der Waals surface area contributed by atoms with Crippen molar-refractivity contribution < 1.29 is 0 Å². The fraction of sp³-hybridized carbons (Fsp3) is 1.00. The third kappa shape index (κ3) is 0.649. The lowest BCUT2D eigenvalue weighted by Crippen LogP contribution is -2.38. The molecule has 0 amide bonds. The first kappa shape index (κ1) is 9.80. The molecule has 2 heteroatoms. The van der Waals surface area contributed by atoms with Gasteiger partial charge in [0.15, 0.2) is 0 Å². The highest BCUT2D eigenvalue weighted by Gasteiger charge is 3.09. The largest absolute Gasteiger partial charge is 0.330 e. The molecule has 5 saturated carbocycles. The minimum atomic E-state index is 0.457. The van der Waals surface area contributed by atoms with E-state index in [0.29, 0.717) is 10.8 Å². The molecule has 0 aliphatic heterocycles. The van der Waals surface area contributed by atoms with Crippen molar-refractivity contribution in [1.82, 2.24) is 0 Å². The number of rotatable bonds is 2. The van der Waals surface area contributed by atoms with Crippen molar-refractivity contribution in [3.05, 3.63) is 0 Å². The summed E-state index contributed by atoms with van der Waals surface area (Å²) in [6.07, 6.45) is 7.27. The van der Waals surface area contributed by atoms with Crippen LogP contribution in [0.1, 0.15) is 39.0 Å². The van der Waals surface area contributed by atoms with Crippen molar-refractivity contribution in [2.75, 3.05) is 13.1 Å². The summed E-state index contributed by atoms with van der Waals surface area (Å²) in [6, 6.07) is 0. The molecule has 94 valence electrons. The second-order valence-electron chi connectivity index (χ2n) is 8.24. The second kappa shape index (κ2) is 2.22. The molecule has 0 radical (unpaired) electrons. The molecule has 5 rings (SSSR count). The van der Waals surface area contributed by atoms with Crippen molar-refractivity contribution in [3.63, 3.8) is 0 Å². The van der Waals surface area contributed by atoms with Crippen LogP contribution in [0.5, 0.6) is 0 Å². The molecule has 7 unspecified atom stereocenters. The fourth-order valence-corrected chi connectivity index (χ4v) is 7.42. The third-order valence-corrected chi connectivity index (χ3v) is 8.21. The van der Waals surface area contributed by atoms with E-state index in [1.807, 2.05) is 0 Å². The monoisotopic (exact) mass is 232 g/mol. The number of hydrogen-bond acceptors (Lipinski definition) is 2. The van der Waals surface area contributed by atoms with E-state index >= 15 is 0 Å². The van der Waals surface area contributed by atoms with Crippen LogP contribution >= 0.6 is 0 Å². The van der Waals surface area contributed by atoms with Crippen LogP contribution < -0.4 is 11.5 Å². The summed E-state index contributed by atoms with van der Waals surface area (Å²) in [5.41, 5.74) is 14.8. The van der Waals surface area contributed by atoms with Crippen molar-refractivity contribution >= 4 is 0 Å². The van der Waals surface area contributed by atoms with Crippen LogP contribution in [0, 0.1) is 39.4 Å². The highest BCUT2D eigenvalue weighted by molar-refractivity contribution is 5.57. The van der Waals surface area contributed by atoms with Crippen molar-refractivity contribution in [3.8, 4) is 0 Å². The van der Waals surface area contributed by atoms with Gasteiger partial charge in [0.1, 0.15) is 0 Å². The van der Waals surface area contributed by atoms with Gasteiger partial charge in [0.05, 0.1) is 0 Å². The molecule has 2 spiro atoms. The molecule has 4 N–H and O–H groups in total. The minimum absolute atomic E-state index is 0.457. The first-order valence-corrected chi connectivity index (χ1v) is 7.51. The molecule has 0 heterocycles. The SMILES string of the molecule is CC1(CN)CCC2C(C1)C1CC13C1(CN)CC213. The molecule has 0 aromatic rings. The van der Waals surface area contributed by atoms with E-state index < -0.39 is 0 Å². The van der Waals surface area contributed by atoms with E-state index in [1.165, 1.54) is 32.1 Å². The van der Waals surface area contributed by atoms with Crippen LogP contribution in [0.25, 0.3) is 0 Å². The van der Waals surface area contributed by atoms with Gasteiger partial charge in [-0.3, -0.25) is 0 Å². The quantitative estimate of drug-likeness (QED) is 0.762. The third-order valence-electron chi connectivity index (χ3n) is 8.21. The van der Waals surface area contributed by atoms with E-state index in [1.54, 1.807) is 0 Å². The maximum absolute atomic E-state index is 6.09. The normalized spacial score (nSPS) is 73.2. The van der Waals surface area contributed by atoms with E-state index in [9.17, 15) is 0 Å². The maximum atomic E-state index is 6.09. The molecule has 0 aromatic heterocycles. The number of fused-ring (bicyclic) bond motifs is 2. The predicted molar refractivity (Wildman–Crippen MR) is 67.1 cm³/mol. The Kier molecular flexibility index (Phi) is 1.28. The highest BCUT2D eigenvalue weighted by atomic mass is 15.1. The Hall–Kier alpha value is -0.0800. The van der Waals surface area contributed by atoms with Gasteiger partial charge in [0.2, 0.25) is 0 Å². The Morgan fingerprint density at radius 2 is 1.88 bits per heavy atom. The topological polar surface area (TPSA) is 52.0 Å². The van der Waals surface area contributed by atoms with E-state index in [2.05, 4.69) is 6.92 Å². The molecule has 17 heavy (non-hydrogen) atoms. The summed E-state index contributed by atoms with van der Waals surface area (Å²) in [6.45, 7) is 4.30. The molecule has 0 aromatic carbocycles. The van der Waals surface area contributed by atoms with Crippen molar-refractivity contribution in [2.24, 2.45) is 50.9 Å². The summed E-state index contributed by atoms with van der Waals surface area (Å²) in [5, 5.41) is 0. The first-order chi connectivity index (χ1) is 8.11. The number of hydrogen-bond donors (Lipinski definition) is 2. The van der Waals surface area contributed by atoms with Gasteiger partial charge in [0, 0.05) is 0 Å². The lowest BCUT2D eigenvalue weighted by Gasteiger charge is -2.42. The van der Waals surface area contributed by atoms with Crippen LogP contribution in [0.2, 0.25) is 0 Å². The van der Waals surface area contributed by atoms with Crippen molar-refractivity contribution in [1.29, 1.82) is 0 Å². The fourth-order valence-electron chi connectivity index (χ4n) is 7.42. The van der Waals surface area contributed by atoms with Crippen LogP contribution in [0.15, 0.2) is 0 Å². The summed E-state index contributed by atoms with van der Waals surface area (Å²) in [4.78, 5) is 0. The lowest BCUT2D eigenvalue weighted by atomic mass is 9.64. The zero-order chi connectivity index (χ0) is 11.7. The predicted octanol–water partition coefficient (Wildman–Crippen LogP) is 1.74. The zero-order valence-electron chi connectivity index (χ0n) is 10.8. The Morgan fingerprint density at radius 3 is 2.59 bits per heavy atom. The summed E-state index contributed by atoms with van der Waals surface area (Å²) in [7, 11) is 0. The Balaban J connectivity index is 1.50. The van der Waals surface area contributed by atoms with E-state index in [-0.39, 0.29) is 0 Å². The molecule has 5 fully saturated rings. The number of nitrogens with two attached hydrogens (primary N) is 2. The van der Waals surface area contributed by atoms with Gasteiger partial charge < -0.3 is 11.5 Å². The van der Waals surface area contributed by atoms with Gasteiger partial charge >= 0.3 is 0 Å². The average molecular weight is 232 g/mol. The summed E-state index contributed by atoms with van der Waals surface area (Å²) >= 11 is 0. The lowest BCUT2D eigenvalue weighted by molar-refractivity contribution is 0.0866. The standard InChI is InChI=1S/C15H24N2/c1-12(7-16)3-2-10-9(4-12)11-5-14(11)13(8-17)6-15(10,13)14/h9-11H,2-8,16-17H2,1H3. The van der Waals surface area contributed by atoms with Crippen LogP contribution in [-0.4, -0.2) is 13.1 Å². The molecule has 0 saturated heterocycles. The molecular weight excluding hydrogens is 208 g/mol. The van der Waals surface area contributed by atoms with Gasteiger partial charge in [-0.25, -0.2) is 0 Å². The van der Waals surface area contributed by atoms with Gasteiger partial charge in [0.25, 0.3) is 0 Å². The molecular formula is C15H24N2.